The van der Waals surface area contributed by atoms with Gasteiger partial charge in [0.1, 0.15) is 0 Å². The SMILES string of the molecule is COCCn1nccc1C(N)CC1OCCO1. The van der Waals surface area contributed by atoms with Crippen LogP contribution in [0.25, 0.3) is 0 Å². The Kier molecular flexibility index (Phi) is 4.49. The molecule has 1 unspecified atom stereocenters. The molecule has 1 aliphatic rings. The maximum atomic E-state index is 6.13. The van der Waals surface area contributed by atoms with Gasteiger partial charge in [-0.3, -0.25) is 4.68 Å². The normalized spacial score (nSPS) is 18.7. The number of hydrogen-bond donors (Lipinski definition) is 1. The van der Waals surface area contributed by atoms with Crippen LogP contribution in [0.4, 0.5) is 0 Å². The van der Waals surface area contributed by atoms with E-state index < -0.39 is 0 Å². The summed E-state index contributed by atoms with van der Waals surface area (Å²) < 4.78 is 17.7. The lowest BCUT2D eigenvalue weighted by atomic mass is 10.1. The summed E-state index contributed by atoms with van der Waals surface area (Å²) in [5, 5.41) is 4.22. The highest BCUT2D eigenvalue weighted by atomic mass is 16.7. The summed E-state index contributed by atoms with van der Waals surface area (Å²) in [4.78, 5) is 0. The van der Waals surface area contributed by atoms with Gasteiger partial charge in [-0.05, 0) is 6.07 Å². The maximum Gasteiger partial charge on any atom is 0.159 e. The Balaban J connectivity index is 1.92. The monoisotopic (exact) mass is 241 g/mol. The van der Waals surface area contributed by atoms with Crippen molar-refractivity contribution in [2.24, 2.45) is 5.73 Å². The van der Waals surface area contributed by atoms with Crippen LogP contribution in [-0.4, -0.2) is 43.0 Å². The summed E-state index contributed by atoms with van der Waals surface area (Å²) in [6.45, 7) is 2.64. The summed E-state index contributed by atoms with van der Waals surface area (Å²) >= 11 is 0. The Morgan fingerprint density at radius 3 is 3.06 bits per heavy atom. The van der Waals surface area contributed by atoms with Gasteiger partial charge in [-0.1, -0.05) is 0 Å². The molecule has 0 amide bonds. The van der Waals surface area contributed by atoms with Crippen molar-refractivity contribution in [1.82, 2.24) is 9.78 Å². The van der Waals surface area contributed by atoms with Crippen molar-refractivity contribution in [1.29, 1.82) is 0 Å². The van der Waals surface area contributed by atoms with Gasteiger partial charge >= 0.3 is 0 Å². The predicted molar refractivity (Wildman–Crippen MR) is 61.3 cm³/mol. The lowest BCUT2D eigenvalue weighted by molar-refractivity contribution is -0.0512. The van der Waals surface area contributed by atoms with E-state index in [1.807, 2.05) is 10.7 Å². The van der Waals surface area contributed by atoms with Crippen LogP contribution in [0.15, 0.2) is 12.3 Å². The van der Waals surface area contributed by atoms with Crippen LogP contribution >= 0.6 is 0 Å². The van der Waals surface area contributed by atoms with Crippen LogP contribution in [0.3, 0.4) is 0 Å². The van der Waals surface area contributed by atoms with Crippen LogP contribution in [-0.2, 0) is 20.8 Å². The topological polar surface area (TPSA) is 71.5 Å². The van der Waals surface area contributed by atoms with Crippen molar-refractivity contribution in [3.05, 3.63) is 18.0 Å². The molecule has 0 aliphatic carbocycles. The van der Waals surface area contributed by atoms with Gasteiger partial charge in [0.05, 0.1) is 38.1 Å². The lowest BCUT2D eigenvalue weighted by Crippen LogP contribution is -2.23. The average Bonchev–Trinajstić information content (AvgIpc) is 2.96. The third kappa shape index (κ3) is 3.26. The van der Waals surface area contributed by atoms with Gasteiger partial charge < -0.3 is 19.9 Å². The molecule has 1 aromatic heterocycles. The fraction of sp³-hybridized carbons (Fsp3) is 0.727. The molecule has 96 valence electrons. The molecular weight excluding hydrogens is 222 g/mol. The lowest BCUT2D eigenvalue weighted by Gasteiger charge is -2.17. The van der Waals surface area contributed by atoms with Crippen molar-refractivity contribution < 1.29 is 14.2 Å². The Bertz CT molecular complexity index is 336. The van der Waals surface area contributed by atoms with E-state index in [1.54, 1.807) is 13.3 Å². The number of nitrogens with two attached hydrogens (primary N) is 1. The minimum atomic E-state index is -0.184. The second-order valence-corrected chi connectivity index (χ2v) is 3.99. The second-order valence-electron chi connectivity index (χ2n) is 3.99. The van der Waals surface area contributed by atoms with E-state index in [4.69, 9.17) is 19.9 Å². The van der Waals surface area contributed by atoms with Gasteiger partial charge in [-0.25, -0.2) is 0 Å². The fourth-order valence-electron chi connectivity index (χ4n) is 1.89. The molecule has 2 heterocycles. The van der Waals surface area contributed by atoms with Crippen molar-refractivity contribution >= 4 is 0 Å². The molecule has 0 bridgehead atoms. The van der Waals surface area contributed by atoms with Gasteiger partial charge in [0.25, 0.3) is 0 Å². The Hall–Kier alpha value is -0.950. The number of methoxy groups -OCH3 is 1. The first-order valence-corrected chi connectivity index (χ1v) is 5.80. The van der Waals surface area contributed by atoms with Gasteiger partial charge in [-0.2, -0.15) is 5.10 Å². The van der Waals surface area contributed by atoms with Gasteiger partial charge in [0.2, 0.25) is 0 Å². The first-order valence-electron chi connectivity index (χ1n) is 5.80. The molecule has 0 spiro atoms. The van der Waals surface area contributed by atoms with E-state index in [0.717, 1.165) is 5.69 Å². The highest BCUT2D eigenvalue weighted by molar-refractivity contribution is 5.06. The molecule has 2 rings (SSSR count). The number of ether oxygens (including phenoxy) is 3. The first-order chi connectivity index (χ1) is 8.31. The van der Waals surface area contributed by atoms with E-state index in [0.29, 0.717) is 32.8 Å². The summed E-state index contributed by atoms with van der Waals surface area (Å²) in [5.41, 5.74) is 7.12. The van der Waals surface area contributed by atoms with Crippen LogP contribution in [0, 0.1) is 0 Å². The molecule has 1 atom stereocenters. The van der Waals surface area contributed by atoms with E-state index in [-0.39, 0.29) is 12.3 Å². The van der Waals surface area contributed by atoms with E-state index in [2.05, 4.69) is 5.10 Å². The first kappa shape index (κ1) is 12.5. The fourth-order valence-corrected chi connectivity index (χ4v) is 1.89. The quantitative estimate of drug-likeness (QED) is 0.775. The van der Waals surface area contributed by atoms with Crippen molar-refractivity contribution in [2.75, 3.05) is 26.9 Å². The predicted octanol–water partition coefficient (Wildman–Crippen LogP) is 0.292. The minimum absolute atomic E-state index is 0.127. The minimum Gasteiger partial charge on any atom is -0.383 e. The average molecular weight is 241 g/mol. The van der Waals surface area contributed by atoms with E-state index in [9.17, 15) is 0 Å². The molecule has 0 saturated carbocycles. The Morgan fingerprint density at radius 1 is 1.59 bits per heavy atom. The van der Waals surface area contributed by atoms with E-state index in [1.165, 1.54) is 0 Å². The molecule has 0 radical (unpaired) electrons. The van der Waals surface area contributed by atoms with Crippen LogP contribution in [0.2, 0.25) is 0 Å². The zero-order valence-corrected chi connectivity index (χ0v) is 10.0. The highest BCUT2D eigenvalue weighted by Crippen LogP contribution is 2.19. The summed E-state index contributed by atoms with van der Waals surface area (Å²) in [6.07, 6.45) is 2.22. The summed E-state index contributed by atoms with van der Waals surface area (Å²) in [6, 6.07) is 1.80. The zero-order valence-electron chi connectivity index (χ0n) is 10.0. The van der Waals surface area contributed by atoms with Gasteiger partial charge in [0, 0.05) is 19.7 Å². The Morgan fingerprint density at radius 2 is 2.35 bits per heavy atom. The highest BCUT2D eigenvalue weighted by Gasteiger charge is 2.22. The third-order valence-corrected chi connectivity index (χ3v) is 2.77. The number of aromatic nitrogens is 2. The molecular formula is C11H19N3O3. The van der Waals surface area contributed by atoms with E-state index >= 15 is 0 Å². The summed E-state index contributed by atoms with van der Waals surface area (Å²) in [5.74, 6) is 0. The van der Waals surface area contributed by atoms with Gasteiger partial charge in [-0.15, -0.1) is 0 Å². The molecule has 1 fully saturated rings. The molecule has 1 saturated heterocycles. The molecule has 0 aromatic carbocycles. The smallest absolute Gasteiger partial charge is 0.159 e. The number of nitrogens with zero attached hydrogens (tertiary/aromatic N) is 2. The van der Waals surface area contributed by atoms with Crippen LogP contribution < -0.4 is 5.73 Å². The van der Waals surface area contributed by atoms with Crippen LogP contribution in [0.5, 0.6) is 0 Å². The molecule has 1 aromatic rings. The third-order valence-electron chi connectivity index (χ3n) is 2.77. The van der Waals surface area contributed by atoms with Gasteiger partial charge in [0.15, 0.2) is 6.29 Å². The van der Waals surface area contributed by atoms with Crippen molar-refractivity contribution in [3.63, 3.8) is 0 Å². The second kappa shape index (κ2) is 6.11. The molecule has 17 heavy (non-hydrogen) atoms. The van der Waals surface area contributed by atoms with Crippen molar-refractivity contribution in [3.8, 4) is 0 Å². The molecule has 1 aliphatic heterocycles. The maximum absolute atomic E-state index is 6.13. The molecule has 2 N–H and O–H groups in total. The number of hydrogen-bond acceptors (Lipinski definition) is 5. The van der Waals surface area contributed by atoms with Crippen LogP contribution in [0.1, 0.15) is 18.2 Å². The van der Waals surface area contributed by atoms with Crippen molar-refractivity contribution in [2.45, 2.75) is 25.3 Å². The molecule has 6 heteroatoms. The largest absolute Gasteiger partial charge is 0.383 e. The zero-order chi connectivity index (χ0) is 12.1. The molecule has 6 nitrogen and oxygen atoms in total. The standard InChI is InChI=1S/C11H19N3O3/c1-15-5-4-14-10(2-3-13-14)9(12)8-11-16-6-7-17-11/h2-3,9,11H,4-8,12H2,1H3. The Labute approximate surface area is 101 Å². The summed E-state index contributed by atoms with van der Waals surface area (Å²) in [7, 11) is 1.67. The number of rotatable bonds is 6.